The number of carboxylic acids is 2. The van der Waals surface area contributed by atoms with Gasteiger partial charge >= 0.3 is 11.9 Å². The van der Waals surface area contributed by atoms with Crippen LogP contribution in [-0.4, -0.2) is 139 Å². The zero-order valence-corrected chi connectivity index (χ0v) is 36.4. The molecular formula is C41H62N12O11. The summed E-state index contributed by atoms with van der Waals surface area (Å²) in [7, 11) is 0. The summed E-state index contributed by atoms with van der Waals surface area (Å²) in [5.74, 6) is -8.67. The third-order valence-corrected chi connectivity index (χ3v) is 10.8. The average molecular weight is 899 g/mol. The molecule has 1 aromatic carbocycles. The van der Waals surface area contributed by atoms with Crippen LogP contribution < -0.4 is 43.8 Å². The van der Waals surface area contributed by atoms with Gasteiger partial charge in [0.1, 0.15) is 42.0 Å². The number of hydrogen-bond donors (Lipinski definition) is 12. The SMILES string of the molecule is CC[C@H](C)[C@H](NC(=O)[C@H](Cc1ccc(O)cc1)NC(=O)[C@H](NC(=O)[C@H](CCCN=C(N)N)NC(=O)[C@H](N)CC(=O)O)C(C)C)C(=O)N[C@@H](Cc1cnc[nH]1)C(=O)N1CCC[C@H]1C(=O)O. The van der Waals surface area contributed by atoms with Crippen molar-refractivity contribution in [3.63, 3.8) is 0 Å². The van der Waals surface area contributed by atoms with Crippen LogP contribution in [0.5, 0.6) is 5.75 Å². The van der Waals surface area contributed by atoms with Crippen LogP contribution in [0.1, 0.15) is 77.5 Å². The lowest BCUT2D eigenvalue weighted by molar-refractivity contribution is -0.149. The van der Waals surface area contributed by atoms with Crippen molar-refractivity contribution in [2.24, 2.45) is 34.0 Å². The van der Waals surface area contributed by atoms with Crippen molar-refractivity contribution in [1.82, 2.24) is 41.5 Å². The van der Waals surface area contributed by atoms with Gasteiger partial charge in [-0.05, 0) is 55.2 Å². The maximum atomic E-state index is 14.3. The Morgan fingerprint density at radius 3 is 2.03 bits per heavy atom. The largest absolute Gasteiger partial charge is 0.508 e. The van der Waals surface area contributed by atoms with E-state index < -0.39 is 108 Å². The highest BCUT2D eigenvalue weighted by atomic mass is 16.4. The number of phenols is 1. The molecule has 0 radical (unpaired) electrons. The molecule has 23 heteroatoms. The first-order valence-corrected chi connectivity index (χ1v) is 21.0. The first-order valence-electron chi connectivity index (χ1n) is 21.0. The second-order valence-electron chi connectivity index (χ2n) is 16.1. The van der Waals surface area contributed by atoms with E-state index in [0.29, 0.717) is 24.1 Å². The van der Waals surface area contributed by atoms with E-state index in [2.05, 4.69) is 41.5 Å². The number of aliphatic carboxylic acids is 2. The van der Waals surface area contributed by atoms with E-state index in [1.165, 1.54) is 41.7 Å². The number of aromatic nitrogens is 2. The minimum absolute atomic E-state index is 0.0436. The lowest BCUT2D eigenvalue weighted by atomic mass is 9.96. The average Bonchev–Trinajstić information content (AvgIpc) is 3.95. The van der Waals surface area contributed by atoms with Crippen LogP contribution in [0.25, 0.3) is 0 Å². The molecule has 0 saturated carbocycles. The second-order valence-corrected chi connectivity index (χ2v) is 16.1. The van der Waals surface area contributed by atoms with Crippen LogP contribution in [0.15, 0.2) is 41.8 Å². The number of likely N-dealkylation sites (tertiary alicyclic amines) is 1. The Labute approximate surface area is 370 Å². The Morgan fingerprint density at radius 1 is 0.844 bits per heavy atom. The molecule has 0 aliphatic carbocycles. The molecule has 64 heavy (non-hydrogen) atoms. The molecule has 1 fully saturated rings. The maximum Gasteiger partial charge on any atom is 0.326 e. The molecule has 8 atom stereocenters. The van der Waals surface area contributed by atoms with Gasteiger partial charge < -0.3 is 69.0 Å². The van der Waals surface area contributed by atoms with Crippen molar-refractivity contribution in [3.05, 3.63) is 48.0 Å². The number of benzene rings is 1. The fourth-order valence-corrected chi connectivity index (χ4v) is 6.98. The van der Waals surface area contributed by atoms with Crippen molar-refractivity contribution in [2.75, 3.05) is 13.1 Å². The molecule has 1 aliphatic heterocycles. The normalized spacial score (nSPS) is 16.8. The molecule has 6 amide bonds. The number of nitrogens with one attached hydrogen (secondary N) is 6. The van der Waals surface area contributed by atoms with Crippen molar-refractivity contribution in [3.8, 4) is 5.75 Å². The number of carboxylic acid groups (broad SMARTS) is 2. The van der Waals surface area contributed by atoms with Gasteiger partial charge in [-0.3, -0.25) is 38.6 Å². The number of aromatic hydroxyl groups is 1. The van der Waals surface area contributed by atoms with Crippen molar-refractivity contribution in [2.45, 2.75) is 121 Å². The predicted octanol–water partition coefficient (Wildman–Crippen LogP) is -2.04. The number of carbonyl (C=O) groups is 8. The Morgan fingerprint density at radius 2 is 1.45 bits per heavy atom. The van der Waals surface area contributed by atoms with Gasteiger partial charge in [-0.2, -0.15) is 0 Å². The van der Waals surface area contributed by atoms with E-state index in [-0.39, 0.29) is 56.9 Å². The van der Waals surface area contributed by atoms with E-state index in [9.17, 15) is 48.6 Å². The zero-order valence-electron chi connectivity index (χ0n) is 36.4. The molecule has 15 N–H and O–H groups in total. The van der Waals surface area contributed by atoms with E-state index in [0.717, 1.165) is 0 Å². The monoisotopic (exact) mass is 898 g/mol. The van der Waals surface area contributed by atoms with E-state index >= 15 is 0 Å². The molecule has 352 valence electrons. The molecule has 0 bridgehead atoms. The summed E-state index contributed by atoms with van der Waals surface area (Å²) >= 11 is 0. The molecule has 2 aromatic rings. The van der Waals surface area contributed by atoms with Crippen LogP contribution in [0.3, 0.4) is 0 Å². The number of aliphatic imine (C=N–C) groups is 1. The number of phenolic OH excluding ortho intramolecular Hbond substituents is 1. The summed E-state index contributed by atoms with van der Waals surface area (Å²) in [6.07, 6.45) is 3.14. The Kier molecular flexibility index (Phi) is 19.9. The summed E-state index contributed by atoms with van der Waals surface area (Å²) < 4.78 is 0. The van der Waals surface area contributed by atoms with E-state index in [4.69, 9.17) is 22.3 Å². The highest BCUT2D eigenvalue weighted by molar-refractivity contribution is 5.97. The number of imidazole rings is 1. The quantitative estimate of drug-likeness (QED) is 0.0290. The molecule has 3 rings (SSSR count). The smallest absolute Gasteiger partial charge is 0.326 e. The van der Waals surface area contributed by atoms with Crippen LogP contribution in [0.2, 0.25) is 0 Å². The zero-order chi connectivity index (χ0) is 47.7. The summed E-state index contributed by atoms with van der Waals surface area (Å²) in [5.41, 5.74) is 17.5. The number of rotatable bonds is 25. The molecule has 1 aromatic heterocycles. The third-order valence-electron chi connectivity index (χ3n) is 10.8. The number of amides is 6. The molecular weight excluding hydrogens is 837 g/mol. The number of carbonyl (C=O) groups excluding carboxylic acids is 6. The van der Waals surface area contributed by atoms with Gasteiger partial charge in [0.25, 0.3) is 0 Å². The predicted molar refractivity (Wildman–Crippen MR) is 231 cm³/mol. The van der Waals surface area contributed by atoms with E-state index in [1.807, 2.05) is 0 Å². The lowest BCUT2D eigenvalue weighted by Gasteiger charge is -2.31. The van der Waals surface area contributed by atoms with Crippen LogP contribution in [0.4, 0.5) is 0 Å². The van der Waals surface area contributed by atoms with Gasteiger partial charge in [0, 0.05) is 37.8 Å². The lowest BCUT2D eigenvalue weighted by Crippen LogP contribution is -2.62. The Balaban J connectivity index is 1.91. The molecule has 2 heterocycles. The van der Waals surface area contributed by atoms with Crippen molar-refractivity contribution in [1.29, 1.82) is 0 Å². The second kappa shape index (κ2) is 24.8. The summed E-state index contributed by atoms with van der Waals surface area (Å²) in [5, 5.41) is 42.0. The molecule has 0 unspecified atom stereocenters. The summed E-state index contributed by atoms with van der Waals surface area (Å²) in [6.45, 7) is 6.98. The Hall–Kier alpha value is -6.78. The van der Waals surface area contributed by atoms with Crippen molar-refractivity contribution >= 4 is 53.3 Å². The summed E-state index contributed by atoms with van der Waals surface area (Å²) in [4.78, 5) is 118. The van der Waals surface area contributed by atoms with Gasteiger partial charge in [-0.15, -0.1) is 0 Å². The fraction of sp³-hybridized carbons (Fsp3) is 0.561. The molecule has 0 spiro atoms. The first-order chi connectivity index (χ1) is 30.2. The van der Waals surface area contributed by atoms with Gasteiger partial charge in [0.05, 0.1) is 18.8 Å². The standard InChI is InChI=1S/C41H62N12O11/c1-5-22(4)33(38(61)50-29(17-24-19-45-20-47-24)39(62)53-15-7-9-30(53)40(63)64)52-36(59)28(16-23-10-12-25(54)13-11-23)49-37(60)32(21(2)3)51-35(58)27(8-6-14-46-41(43)44)48-34(57)26(42)18-31(55)56/h10-13,19-22,26-30,32-33,54H,5-9,14-18,42H2,1-4H3,(H,45,47)(H,48,57)(H,49,60)(H,50,61)(H,51,58)(H,52,59)(H,55,56)(H,63,64)(H4,43,44,46)/t22-,26+,27-,28-,29-,30-,32+,33-/m0/s1. The van der Waals surface area contributed by atoms with Gasteiger partial charge in [-0.1, -0.05) is 46.2 Å². The van der Waals surface area contributed by atoms with Crippen molar-refractivity contribution < 1.29 is 53.7 Å². The van der Waals surface area contributed by atoms with Crippen LogP contribution >= 0.6 is 0 Å². The minimum atomic E-state index is -1.49. The first kappa shape index (κ1) is 51.6. The van der Waals surface area contributed by atoms with Gasteiger partial charge in [0.2, 0.25) is 35.4 Å². The molecule has 1 saturated heterocycles. The van der Waals surface area contributed by atoms with Gasteiger partial charge in [0.15, 0.2) is 5.96 Å². The molecule has 1 aliphatic rings. The van der Waals surface area contributed by atoms with Gasteiger partial charge in [-0.25, -0.2) is 9.78 Å². The number of nitrogens with zero attached hydrogens (tertiary/aromatic N) is 3. The highest BCUT2D eigenvalue weighted by Crippen LogP contribution is 2.20. The number of nitrogens with two attached hydrogens (primary N) is 3. The number of H-pyrrole nitrogens is 1. The highest BCUT2D eigenvalue weighted by Gasteiger charge is 2.40. The van der Waals surface area contributed by atoms with Crippen LogP contribution in [0, 0.1) is 11.8 Å². The number of guanidine groups is 1. The third kappa shape index (κ3) is 15.8. The fourth-order valence-electron chi connectivity index (χ4n) is 6.98. The Bertz CT molecular complexity index is 1960. The molecule has 23 nitrogen and oxygen atoms in total. The number of hydrogen-bond acceptors (Lipinski definition) is 12. The number of aromatic amines is 1. The topological polar surface area (TPSA) is 380 Å². The minimum Gasteiger partial charge on any atom is -0.508 e. The van der Waals surface area contributed by atoms with E-state index in [1.54, 1.807) is 27.7 Å². The van der Waals surface area contributed by atoms with Crippen LogP contribution in [-0.2, 0) is 51.2 Å². The summed E-state index contributed by atoms with van der Waals surface area (Å²) in [6, 6.07) is -3.26. The maximum absolute atomic E-state index is 14.3.